The number of methoxy groups -OCH3 is 1. The zero-order valence-electron chi connectivity index (χ0n) is 8.07. The number of ether oxygens (including phenoxy) is 1. The first-order valence-corrected chi connectivity index (χ1v) is 4.33. The number of hydrogen-bond donors (Lipinski definition) is 1. The Morgan fingerprint density at radius 2 is 2.47 bits per heavy atom. The van der Waals surface area contributed by atoms with Crippen LogP contribution in [0.25, 0.3) is 11.0 Å². The SMILES string of the molecule is COC(=O)C#Cc1cnc2cc[nH]c2c1. The third-order valence-electron chi connectivity index (χ3n) is 1.89. The zero-order valence-corrected chi connectivity index (χ0v) is 8.07. The van der Waals surface area contributed by atoms with E-state index < -0.39 is 5.97 Å². The summed E-state index contributed by atoms with van der Waals surface area (Å²) >= 11 is 0. The Labute approximate surface area is 86.3 Å². The van der Waals surface area contributed by atoms with Gasteiger partial charge in [0, 0.05) is 23.9 Å². The van der Waals surface area contributed by atoms with Crippen molar-refractivity contribution in [3.63, 3.8) is 0 Å². The molecule has 4 nitrogen and oxygen atoms in total. The van der Waals surface area contributed by atoms with E-state index in [2.05, 4.69) is 26.5 Å². The van der Waals surface area contributed by atoms with Gasteiger partial charge in [-0.25, -0.2) is 4.79 Å². The summed E-state index contributed by atoms with van der Waals surface area (Å²) < 4.78 is 4.40. The first-order valence-electron chi connectivity index (χ1n) is 4.33. The van der Waals surface area contributed by atoms with Crippen molar-refractivity contribution in [2.75, 3.05) is 7.11 Å². The number of hydrogen-bond acceptors (Lipinski definition) is 3. The van der Waals surface area contributed by atoms with Gasteiger partial charge < -0.3 is 9.72 Å². The Hall–Kier alpha value is -2.28. The highest BCUT2D eigenvalue weighted by Gasteiger charge is 1.96. The van der Waals surface area contributed by atoms with Crippen LogP contribution in [0.4, 0.5) is 0 Å². The van der Waals surface area contributed by atoms with Crippen LogP contribution in [0.15, 0.2) is 24.5 Å². The lowest BCUT2D eigenvalue weighted by molar-refractivity contribution is -0.133. The molecule has 15 heavy (non-hydrogen) atoms. The maximum atomic E-state index is 10.8. The number of nitrogens with zero attached hydrogens (tertiary/aromatic N) is 1. The molecule has 0 aliphatic carbocycles. The molecule has 2 aromatic heterocycles. The van der Waals surface area contributed by atoms with Crippen LogP contribution < -0.4 is 0 Å². The summed E-state index contributed by atoms with van der Waals surface area (Å²) in [6.45, 7) is 0. The van der Waals surface area contributed by atoms with E-state index in [0.29, 0.717) is 5.56 Å². The van der Waals surface area contributed by atoms with Gasteiger partial charge in [0.25, 0.3) is 0 Å². The van der Waals surface area contributed by atoms with E-state index in [1.807, 2.05) is 12.1 Å². The fourth-order valence-electron chi connectivity index (χ4n) is 1.18. The van der Waals surface area contributed by atoms with Crippen LogP contribution in [0.1, 0.15) is 5.56 Å². The summed E-state index contributed by atoms with van der Waals surface area (Å²) in [4.78, 5) is 17.9. The minimum Gasteiger partial charge on any atom is -0.459 e. The first-order chi connectivity index (χ1) is 7.29. The van der Waals surface area contributed by atoms with Gasteiger partial charge in [-0.05, 0) is 12.1 Å². The van der Waals surface area contributed by atoms with Crippen LogP contribution in [0.2, 0.25) is 0 Å². The molecule has 2 aromatic rings. The van der Waals surface area contributed by atoms with Crippen molar-refractivity contribution < 1.29 is 9.53 Å². The van der Waals surface area contributed by atoms with E-state index in [0.717, 1.165) is 11.0 Å². The van der Waals surface area contributed by atoms with Gasteiger partial charge in [-0.3, -0.25) is 4.98 Å². The Kier molecular flexibility index (Phi) is 2.38. The van der Waals surface area contributed by atoms with Gasteiger partial charge in [-0.1, -0.05) is 5.92 Å². The molecule has 0 bridgehead atoms. The quantitative estimate of drug-likeness (QED) is 0.511. The maximum absolute atomic E-state index is 10.8. The van der Waals surface area contributed by atoms with Crippen LogP contribution in [-0.4, -0.2) is 23.0 Å². The molecule has 2 rings (SSSR count). The number of carbonyl (C=O) groups is 1. The third-order valence-corrected chi connectivity index (χ3v) is 1.89. The molecule has 0 aliphatic rings. The molecular weight excluding hydrogens is 192 g/mol. The molecule has 4 heteroatoms. The molecule has 0 spiro atoms. The fraction of sp³-hybridized carbons (Fsp3) is 0.0909. The molecule has 0 aromatic carbocycles. The van der Waals surface area contributed by atoms with Crippen LogP contribution in [0.5, 0.6) is 0 Å². The number of aromatic nitrogens is 2. The van der Waals surface area contributed by atoms with Crippen molar-refractivity contribution in [2.24, 2.45) is 0 Å². The van der Waals surface area contributed by atoms with Crippen molar-refractivity contribution in [3.8, 4) is 11.8 Å². The summed E-state index contributed by atoms with van der Waals surface area (Å²) in [5.74, 6) is 4.46. The normalized spacial score (nSPS) is 9.40. The lowest BCUT2D eigenvalue weighted by Crippen LogP contribution is -1.94. The predicted molar refractivity (Wildman–Crippen MR) is 55.0 cm³/mol. The van der Waals surface area contributed by atoms with E-state index in [1.165, 1.54) is 7.11 Å². The maximum Gasteiger partial charge on any atom is 0.384 e. The Morgan fingerprint density at radius 3 is 3.27 bits per heavy atom. The van der Waals surface area contributed by atoms with E-state index in [-0.39, 0.29) is 0 Å². The highest BCUT2D eigenvalue weighted by atomic mass is 16.5. The number of aromatic amines is 1. The van der Waals surface area contributed by atoms with Crippen LogP contribution in [0, 0.1) is 11.8 Å². The molecule has 0 amide bonds. The van der Waals surface area contributed by atoms with Crippen molar-refractivity contribution in [2.45, 2.75) is 0 Å². The van der Waals surface area contributed by atoms with Crippen molar-refractivity contribution in [3.05, 3.63) is 30.1 Å². The first kappa shape index (κ1) is 9.28. The van der Waals surface area contributed by atoms with Gasteiger partial charge in [0.1, 0.15) is 0 Å². The predicted octanol–water partition coefficient (Wildman–Crippen LogP) is 1.09. The summed E-state index contributed by atoms with van der Waals surface area (Å²) in [5, 5.41) is 0. The minimum atomic E-state index is -0.554. The van der Waals surface area contributed by atoms with Gasteiger partial charge in [-0.15, -0.1) is 0 Å². The van der Waals surface area contributed by atoms with Gasteiger partial charge in [-0.2, -0.15) is 0 Å². The molecule has 0 saturated heterocycles. The lowest BCUT2D eigenvalue weighted by Gasteiger charge is -1.90. The van der Waals surface area contributed by atoms with E-state index in [4.69, 9.17) is 0 Å². The van der Waals surface area contributed by atoms with E-state index in [9.17, 15) is 4.79 Å². The largest absolute Gasteiger partial charge is 0.459 e. The average Bonchev–Trinajstić information content (AvgIpc) is 2.72. The van der Waals surface area contributed by atoms with Gasteiger partial charge >= 0.3 is 5.97 Å². The van der Waals surface area contributed by atoms with Crippen molar-refractivity contribution in [1.82, 2.24) is 9.97 Å². The van der Waals surface area contributed by atoms with Crippen LogP contribution in [0.3, 0.4) is 0 Å². The Bertz CT molecular complexity index is 560. The number of nitrogens with one attached hydrogen (secondary N) is 1. The van der Waals surface area contributed by atoms with Crippen LogP contribution in [-0.2, 0) is 9.53 Å². The molecule has 0 saturated carbocycles. The summed E-state index contributed by atoms with van der Waals surface area (Å²) in [7, 11) is 1.30. The number of pyridine rings is 1. The topological polar surface area (TPSA) is 55.0 Å². The number of esters is 1. The monoisotopic (exact) mass is 200 g/mol. The second-order valence-electron chi connectivity index (χ2n) is 2.88. The molecule has 0 radical (unpaired) electrons. The number of fused-ring (bicyclic) bond motifs is 1. The second-order valence-corrected chi connectivity index (χ2v) is 2.88. The van der Waals surface area contributed by atoms with Gasteiger partial charge in [0.2, 0.25) is 0 Å². The molecular formula is C11H8N2O2. The van der Waals surface area contributed by atoms with E-state index in [1.54, 1.807) is 12.4 Å². The van der Waals surface area contributed by atoms with Crippen LogP contribution >= 0.6 is 0 Å². The highest BCUT2D eigenvalue weighted by Crippen LogP contribution is 2.09. The minimum absolute atomic E-state index is 0.554. The van der Waals surface area contributed by atoms with Crippen molar-refractivity contribution >= 4 is 17.0 Å². The van der Waals surface area contributed by atoms with Crippen molar-refractivity contribution in [1.29, 1.82) is 0 Å². The second kappa shape index (κ2) is 3.84. The molecule has 0 atom stereocenters. The van der Waals surface area contributed by atoms with E-state index >= 15 is 0 Å². The summed E-state index contributed by atoms with van der Waals surface area (Å²) in [6, 6.07) is 3.70. The molecule has 0 aliphatic heterocycles. The number of H-pyrrole nitrogens is 1. The average molecular weight is 200 g/mol. The standard InChI is InChI=1S/C11H8N2O2/c1-15-11(14)3-2-8-6-10-9(13-7-8)4-5-12-10/h4-7,12H,1H3. The lowest BCUT2D eigenvalue weighted by atomic mass is 10.2. The number of rotatable bonds is 0. The smallest absolute Gasteiger partial charge is 0.384 e. The summed E-state index contributed by atoms with van der Waals surface area (Å²) in [5.41, 5.74) is 2.45. The Morgan fingerprint density at radius 1 is 1.60 bits per heavy atom. The highest BCUT2D eigenvalue weighted by molar-refractivity contribution is 5.89. The molecule has 1 N–H and O–H groups in total. The molecule has 74 valence electrons. The fourth-order valence-corrected chi connectivity index (χ4v) is 1.18. The third kappa shape index (κ3) is 1.97. The van der Waals surface area contributed by atoms with Gasteiger partial charge in [0.05, 0.1) is 18.1 Å². The zero-order chi connectivity index (χ0) is 10.7. The summed E-state index contributed by atoms with van der Waals surface area (Å²) in [6.07, 6.45) is 3.42. The van der Waals surface area contributed by atoms with Gasteiger partial charge in [0.15, 0.2) is 0 Å². The molecule has 2 heterocycles. The Balaban J connectivity index is 2.35. The molecule has 0 unspecified atom stereocenters. The number of carbonyl (C=O) groups excluding carboxylic acids is 1. The molecule has 0 fully saturated rings.